The van der Waals surface area contributed by atoms with Crippen molar-refractivity contribution in [1.29, 1.82) is 0 Å². The van der Waals surface area contributed by atoms with Gasteiger partial charge in [-0.05, 0) is 19.3 Å². The Morgan fingerprint density at radius 2 is 2.09 bits per heavy atom. The van der Waals surface area contributed by atoms with E-state index in [-0.39, 0.29) is 12.2 Å². The summed E-state index contributed by atoms with van der Waals surface area (Å²) < 4.78 is 38.6. The zero-order chi connectivity index (χ0) is 8.06. The minimum atomic E-state index is -4.36. The topological polar surface area (TPSA) is 43.4 Å². The lowest BCUT2D eigenvalue weighted by atomic mass is 10.0. The molecule has 3 atom stereocenters. The smallest absolute Gasteiger partial charge is 0.307 e. The third kappa shape index (κ3) is 1.16. The molecule has 0 saturated carbocycles. The van der Waals surface area contributed by atoms with Crippen molar-refractivity contribution in [3.63, 3.8) is 0 Å². The minimum absolute atomic E-state index is 0.00414. The maximum Gasteiger partial charge on any atom is 0.307 e. The molecule has 0 N–H and O–H groups in total. The SMILES string of the molecule is O=S(=O)(F)[C@H]1C[C@H]2CC[C@H]1O2. The number of rotatable bonds is 1. The van der Waals surface area contributed by atoms with E-state index >= 15 is 0 Å². The predicted molar refractivity (Wildman–Crippen MR) is 36.3 cm³/mol. The first-order valence-corrected chi connectivity index (χ1v) is 5.11. The van der Waals surface area contributed by atoms with Crippen LogP contribution in [0.5, 0.6) is 0 Å². The summed E-state index contributed by atoms with van der Waals surface area (Å²) in [6, 6.07) is 0. The molecule has 2 heterocycles. The summed E-state index contributed by atoms with van der Waals surface area (Å²) in [5.41, 5.74) is 0. The van der Waals surface area contributed by atoms with E-state index in [0.29, 0.717) is 12.8 Å². The maximum absolute atomic E-state index is 12.4. The molecule has 2 bridgehead atoms. The molecule has 0 aromatic heterocycles. The lowest BCUT2D eigenvalue weighted by molar-refractivity contribution is 0.105. The fraction of sp³-hybridized carbons (Fsp3) is 1.00. The van der Waals surface area contributed by atoms with Crippen molar-refractivity contribution in [2.45, 2.75) is 36.7 Å². The van der Waals surface area contributed by atoms with Crippen molar-refractivity contribution >= 4 is 10.2 Å². The quantitative estimate of drug-likeness (QED) is 0.555. The highest BCUT2D eigenvalue weighted by Gasteiger charge is 2.47. The Labute approximate surface area is 64.8 Å². The van der Waals surface area contributed by atoms with Gasteiger partial charge in [-0.3, -0.25) is 0 Å². The molecule has 64 valence electrons. The Kier molecular flexibility index (Phi) is 1.47. The highest BCUT2D eigenvalue weighted by molar-refractivity contribution is 7.87. The Hall–Kier alpha value is -0.160. The normalized spacial score (nSPS) is 43.2. The largest absolute Gasteiger partial charge is 0.373 e. The number of fused-ring (bicyclic) bond motifs is 2. The van der Waals surface area contributed by atoms with Gasteiger partial charge in [0.15, 0.2) is 0 Å². The summed E-state index contributed by atoms with van der Waals surface area (Å²) in [4.78, 5) is 0. The molecule has 0 radical (unpaired) electrons. The molecule has 2 saturated heterocycles. The summed E-state index contributed by atoms with van der Waals surface area (Å²) in [6.45, 7) is 0. The Morgan fingerprint density at radius 1 is 1.36 bits per heavy atom. The van der Waals surface area contributed by atoms with E-state index in [1.54, 1.807) is 0 Å². The van der Waals surface area contributed by atoms with E-state index in [1.165, 1.54) is 0 Å². The average molecular weight is 180 g/mol. The van der Waals surface area contributed by atoms with Gasteiger partial charge < -0.3 is 4.74 Å². The molecule has 11 heavy (non-hydrogen) atoms. The molecular weight excluding hydrogens is 171 g/mol. The van der Waals surface area contributed by atoms with E-state index in [1.807, 2.05) is 0 Å². The van der Waals surface area contributed by atoms with E-state index in [0.717, 1.165) is 6.42 Å². The molecule has 0 amide bonds. The first-order chi connectivity index (χ1) is 5.07. The van der Waals surface area contributed by atoms with Crippen LogP contribution in [0.3, 0.4) is 0 Å². The van der Waals surface area contributed by atoms with Gasteiger partial charge in [-0.25, -0.2) is 0 Å². The summed E-state index contributed by atoms with van der Waals surface area (Å²) in [5.74, 6) is 0. The van der Waals surface area contributed by atoms with Gasteiger partial charge in [-0.2, -0.15) is 8.42 Å². The molecule has 2 rings (SSSR count). The summed E-state index contributed by atoms with van der Waals surface area (Å²) >= 11 is 0. The maximum atomic E-state index is 12.4. The summed E-state index contributed by atoms with van der Waals surface area (Å²) in [5, 5.41) is -0.874. The number of hydrogen-bond donors (Lipinski definition) is 0. The van der Waals surface area contributed by atoms with Gasteiger partial charge in [0, 0.05) is 0 Å². The molecule has 2 aliphatic rings. The minimum Gasteiger partial charge on any atom is -0.373 e. The van der Waals surface area contributed by atoms with Crippen LogP contribution in [0.4, 0.5) is 3.89 Å². The molecule has 2 aliphatic heterocycles. The van der Waals surface area contributed by atoms with E-state index in [9.17, 15) is 12.3 Å². The summed E-state index contributed by atoms with van der Waals surface area (Å²) in [7, 11) is -4.36. The van der Waals surface area contributed by atoms with Crippen LogP contribution in [0.15, 0.2) is 0 Å². The van der Waals surface area contributed by atoms with Gasteiger partial charge >= 0.3 is 10.2 Å². The summed E-state index contributed by atoms with van der Waals surface area (Å²) in [6.07, 6.45) is 1.56. The monoisotopic (exact) mass is 180 g/mol. The van der Waals surface area contributed by atoms with Crippen LogP contribution < -0.4 is 0 Å². The molecule has 0 aromatic carbocycles. The molecule has 5 heteroatoms. The first-order valence-electron chi connectivity index (χ1n) is 3.66. The van der Waals surface area contributed by atoms with Crippen molar-refractivity contribution in [1.82, 2.24) is 0 Å². The van der Waals surface area contributed by atoms with Crippen LogP contribution in [-0.2, 0) is 15.0 Å². The highest BCUT2D eigenvalue weighted by Crippen LogP contribution is 2.38. The van der Waals surface area contributed by atoms with Gasteiger partial charge in [0.2, 0.25) is 0 Å². The molecule has 3 nitrogen and oxygen atoms in total. The molecule has 0 aliphatic carbocycles. The number of ether oxygens (including phenoxy) is 1. The van der Waals surface area contributed by atoms with Crippen molar-refractivity contribution in [3.05, 3.63) is 0 Å². The zero-order valence-corrected chi connectivity index (χ0v) is 6.68. The van der Waals surface area contributed by atoms with E-state index in [4.69, 9.17) is 4.74 Å². The standard InChI is InChI=1S/C6H9FO3S/c7-11(8,9)6-3-4-1-2-5(6)10-4/h4-6H,1-3H2/t4-,5-,6+/m1/s1. The molecular formula is C6H9FO3S. The van der Waals surface area contributed by atoms with Crippen LogP contribution in [0, 0.1) is 0 Å². The van der Waals surface area contributed by atoms with Gasteiger partial charge in [0.1, 0.15) is 5.25 Å². The zero-order valence-electron chi connectivity index (χ0n) is 5.86. The molecule has 0 aromatic rings. The number of hydrogen-bond acceptors (Lipinski definition) is 3. The molecule has 2 fully saturated rings. The second-order valence-electron chi connectivity index (χ2n) is 3.12. The van der Waals surface area contributed by atoms with Gasteiger partial charge in [-0.1, -0.05) is 0 Å². The van der Waals surface area contributed by atoms with Crippen LogP contribution in [0.25, 0.3) is 0 Å². The van der Waals surface area contributed by atoms with Gasteiger partial charge in [0.25, 0.3) is 0 Å². The van der Waals surface area contributed by atoms with Crippen LogP contribution in [-0.4, -0.2) is 25.9 Å². The van der Waals surface area contributed by atoms with E-state index in [2.05, 4.69) is 0 Å². The lowest BCUT2D eigenvalue weighted by Gasteiger charge is -2.12. The van der Waals surface area contributed by atoms with E-state index < -0.39 is 15.5 Å². The highest BCUT2D eigenvalue weighted by atomic mass is 32.3. The van der Waals surface area contributed by atoms with Crippen LogP contribution in [0.1, 0.15) is 19.3 Å². The molecule has 0 spiro atoms. The Morgan fingerprint density at radius 3 is 2.36 bits per heavy atom. The fourth-order valence-electron chi connectivity index (χ4n) is 1.89. The van der Waals surface area contributed by atoms with Crippen LogP contribution in [0.2, 0.25) is 0 Å². The van der Waals surface area contributed by atoms with Crippen molar-refractivity contribution in [3.8, 4) is 0 Å². The average Bonchev–Trinajstić information content (AvgIpc) is 2.42. The Bertz CT molecular complexity index is 261. The second kappa shape index (κ2) is 2.17. The van der Waals surface area contributed by atoms with Crippen molar-refractivity contribution in [2.24, 2.45) is 0 Å². The van der Waals surface area contributed by atoms with Gasteiger partial charge in [0.05, 0.1) is 12.2 Å². The lowest BCUT2D eigenvalue weighted by Crippen LogP contribution is -2.28. The van der Waals surface area contributed by atoms with Crippen molar-refractivity contribution in [2.75, 3.05) is 0 Å². The fourth-order valence-corrected chi connectivity index (χ4v) is 2.89. The third-order valence-electron chi connectivity index (χ3n) is 2.41. The first kappa shape index (κ1) is 7.49. The van der Waals surface area contributed by atoms with Gasteiger partial charge in [-0.15, -0.1) is 3.89 Å². The second-order valence-corrected chi connectivity index (χ2v) is 4.68. The predicted octanol–water partition coefficient (Wildman–Crippen LogP) is 0.606. The van der Waals surface area contributed by atoms with Crippen LogP contribution >= 0.6 is 0 Å². The molecule has 0 unspecified atom stereocenters. The third-order valence-corrected chi connectivity index (χ3v) is 3.63. The number of halogens is 1. The van der Waals surface area contributed by atoms with Crippen molar-refractivity contribution < 1.29 is 17.0 Å². The Balaban J connectivity index is 2.21.